The first kappa shape index (κ1) is 16.3. The van der Waals surface area contributed by atoms with Crippen molar-refractivity contribution in [2.75, 3.05) is 18.0 Å². The standard InChI is InChI=1S/C18H29FN2/c1-12(2)8-15-11-21(18(10-20-15)13(3)4)17-9-14(5)6-7-16(17)19/h6-7,9,12-13,15,18,20H,8,10-11H2,1-5H3. The maximum atomic E-state index is 14.3. The zero-order chi connectivity index (χ0) is 15.6. The molecule has 118 valence electrons. The van der Waals surface area contributed by atoms with Crippen molar-refractivity contribution < 1.29 is 4.39 Å². The number of nitrogens with zero attached hydrogens (tertiary/aromatic N) is 1. The van der Waals surface area contributed by atoms with Crippen molar-refractivity contribution in [2.24, 2.45) is 11.8 Å². The molecule has 0 aromatic heterocycles. The van der Waals surface area contributed by atoms with Crippen molar-refractivity contribution >= 4 is 5.69 Å². The van der Waals surface area contributed by atoms with Gasteiger partial charge in [0.05, 0.1) is 5.69 Å². The molecule has 1 aliphatic heterocycles. The molecule has 0 spiro atoms. The van der Waals surface area contributed by atoms with Crippen molar-refractivity contribution in [2.45, 2.75) is 53.1 Å². The summed E-state index contributed by atoms with van der Waals surface area (Å²) in [4.78, 5) is 2.29. The highest BCUT2D eigenvalue weighted by Crippen LogP contribution is 2.28. The van der Waals surface area contributed by atoms with Gasteiger partial charge in [-0.05, 0) is 42.9 Å². The molecule has 1 fully saturated rings. The van der Waals surface area contributed by atoms with Crippen molar-refractivity contribution in [1.29, 1.82) is 0 Å². The lowest BCUT2D eigenvalue weighted by Crippen LogP contribution is -2.59. The summed E-state index contributed by atoms with van der Waals surface area (Å²) in [6.07, 6.45) is 1.13. The summed E-state index contributed by atoms with van der Waals surface area (Å²) < 4.78 is 14.3. The number of nitrogens with one attached hydrogen (secondary N) is 1. The maximum absolute atomic E-state index is 14.3. The predicted molar refractivity (Wildman–Crippen MR) is 88.4 cm³/mol. The van der Waals surface area contributed by atoms with Gasteiger partial charge in [0.25, 0.3) is 0 Å². The average molecular weight is 292 g/mol. The van der Waals surface area contributed by atoms with E-state index >= 15 is 0 Å². The first-order valence-electron chi connectivity index (χ1n) is 8.14. The summed E-state index contributed by atoms with van der Waals surface area (Å²) in [7, 11) is 0. The van der Waals surface area contributed by atoms with Crippen LogP contribution in [-0.4, -0.2) is 25.2 Å². The monoisotopic (exact) mass is 292 g/mol. The summed E-state index contributed by atoms with van der Waals surface area (Å²) in [6, 6.07) is 6.23. The van der Waals surface area contributed by atoms with Gasteiger partial charge in [0.2, 0.25) is 0 Å². The van der Waals surface area contributed by atoms with Gasteiger partial charge in [0.1, 0.15) is 5.82 Å². The number of anilines is 1. The van der Waals surface area contributed by atoms with Gasteiger partial charge in [-0.25, -0.2) is 4.39 Å². The Hall–Kier alpha value is -1.09. The lowest BCUT2D eigenvalue weighted by molar-refractivity contribution is 0.308. The summed E-state index contributed by atoms with van der Waals surface area (Å²) in [5, 5.41) is 3.65. The zero-order valence-corrected chi connectivity index (χ0v) is 14.0. The molecule has 1 N–H and O–H groups in total. The molecule has 0 radical (unpaired) electrons. The van der Waals surface area contributed by atoms with Gasteiger partial charge in [-0.15, -0.1) is 0 Å². The van der Waals surface area contributed by atoms with Gasteiger partial charge in [-0.3, -0.25) is 0 Å². The number of benzene rings is 1. The van der Waals surface area contributed by atoms with E-state index in [0.717, 1.165) is 30.8 Å². The second-order valence-electron chi connectivity index (χ2n) is 7.15. The molecular formula is C18H29FN2. The molecule has 0 saturated carbocycles. The quantitative estimate of drug-likeness (QED) is 0.903. The molecule has 21 heavy (non-hydrogen) atoms. The van der Waals surface area contributed by atoms with Crippen LogP contribution >= 0.6 is 0 Å². The van der Waals surface area contributed by atoms with E-state index in [0.29, 0.717) is 23.9 Å². The number of halogens is 1. The van der Waals surface area contributed by atoms with Crippen molar-refractivity contribution in [3.05, 3.63) is 29.6 Å². The molecule has 3 heteroatoms. The second kappa shape index (κ2) is 6.78. The third-order valence-corrected chi connectivity index (χ3v) is 4.37. The zero-order valence-electron chi connectivity index (χ0n) is 14.0. The Kier molecular flexibility index (Phi) is 5.26. The Morgan fingerprint density at radius 2 is 2.00 bits per heavy atom. The van der Waals surface area contributed by atoms with Crippen LogP contribution < -0.4 is 10.2 Å². The van der Waals surface area contributed by atoms with Crippen LogP contribution in [0.4, 0.5) is 10.1 Å². The smallest absolute Gasteiger partial charge is 0.146 e. The molecule has 2 atom stereocenters. The minimum Gasteiger partial charge on any atom is -0.363 e. The number of hydrogen-bond donors (Lipinski definition) is 1. The Bertz CT molecular complexity index is 470. The van der Waals surface area contributed by atoms with Crippen LogP contribution in [0.1, 0.15) is 39.7 Å². The van der Waals surface area contributed by atoms with Gasteiger partial charge in [-0.2, -0.15) is 0 Å². The van der Waals surface area contributed by atoms with Gasteiger partial charge < -0.3 is 10.2 Å². The van der Waals surface area contributed by atoms with Crippen molar-refractivity contribution in [3.8, 4) is 0 Å². The van der Waals surface area contributed by atoms with E-state index in [2.05, 4.69) is 37.9 Å². The number of aryl methyl sites for hydroxylation is 1. The Morgan fingerprint density at radius 3 is 2.62 bits per heavy atom. The van der Waals surface area contributed by atoms with E-state index in [9.17, 15) is 4.39 Å². The highest BCUT2D eigenvalue weighted by molar-refractivity contribution is 5.51. The normalized spacial score (nSPS) is 23.1. The second-order valence-corrected chi connectivity index (χ2v) is 7.15. The van der Waals surface area contributed by atoms with E-state index in [1.54, 1.807) is 6.07 Å². The van der Waals surface area contributed by atoms with Crippen LogP contribution in [0.2, 0.25) is 0 Å². The third-order valence-electron chi connectivity index (χ3n) is 4.37. The van der Waals surface area contributed by atoms with Crippen LogP contribution in [0.15, 0.2) is 18.2 Å². The molecule has 0 aliphatic carbocycles. The molecule has 2 nitrogen and oxygen atoms in total. The molecule has 2 unspecified atom stereocenters. The fraction of sp³-hybridized carbons (Fsp3) is 0.667. The minimum absolute atomic E-state index is 0.101. The van der Waals surface area contributed by atoms with E-state index in [4.69, 9.17) is 0 Å². The highest BCUT2D eigenvalue weighted by Gasteiger charge is 2.31. The molecule has 0 amide bonds. The maximum Gasteiger partial charge on any atom is 0.146 e. The molecular weight excluding hydrogens is 263 g/mol. The minimum atomic E-state index is -0.101. The summed E-state index contributed by atoms with van der Waals surface area (Å²) in [5.41, 5.74) is 1.89. The molecule has 1 aliphatic rings. The fourth-order valence-electron chi connectivity index (χ4n) is 3.28. The van der Waals surface area contributed by atoms with Gasteiger partial charge >= 0.3 is 0 Å². The van der Waals surface area contributed by atoms with Crippen LogP contribution in [0.5, 0.6) is 0 Å². The number of rotatable bonds is 4. The Morgan fingerprint density at radius 1 is 1.29 bits per heavy atom. The van der Waals surface area contributed by atoms with Gasteiger partial charge in [0.15, 0.2) is 0 Å². The SMILES string of the molecule is Cc1ccc(F)c(N2CC(CC(C)C)NCC2C(C)C)c1. The highest BCUT2D eigenvalue weighted by atomic mass is 19.1. The molecule has 2 rings (SSSR count). The van der Waals surface area contributed by atoms with E-state index < -0.39 is 0 Å². The third kappa shape index (κ3) is 3.97. The van der Waals surface area contributed by atoms with Gasteiger partial charge in [-0.1, -0.05) is 33.8 Å². The summed E-state index contributed by atoms with van der Waals surface area (Å²) in [5.74, 6) is 1.05. The van der Waals surface area contributed by atoms with Crippen molar-refractivity contribution in [1.82, 2.24) is 5.32 Å². The summed E-state index contributed by atoms with van der Waals surface area (Å²) >= 11 is 0. The lowest BCUT2D eigenvalue weighted by Gasteiger charge is -2.44. The first-order valence-corrected chi connectivity index (χ1v) is 8.14. The molecule has 0 bridgehead atoms. The van der Waals surface area contributed by atoms with Gasteiger partial charge in [0, 0.05) is 25.2 Å². The molecule has 1 aromatic rings. The number of piperazine rings is 1. The van der Waals surface area contributed by atoms with E-state index in [1.807, 2.05) is 19.1 Å². The Balaban J connectivity index is 2.27. The topological polar surface area (TPSA) is 15.3 Å². The largest absolute Gasteiger partial charge is 0.363 e. The molecule has 1 aromatic carbocycles. The lowest BCUT2D eigenvalue weighted by atomic mass is 9.94. The average Bonchev–Trinajstić information content (AvgIpc) is 2.40. The predicted octanol–water partition coefficient (Wildman–Crippen LogP) is 3.98. The molecule has 1 saturated heterocycles. The van der Waals surface area contributed by atoms with Crippen LogP contribution in [-0.2, 0) is 0 Å². The molecule has 1 heterocycles. The van der Waals surface area contributed by atoms with Crippen molar-refractivity contribution in [3.63, 3.8) is 0 Å². The Labute approximate surface area is 128 Å². The van der Waals surface area contributed by atoms with E-state index in [-0.39, 0.29) is 5.82 Å². The van der Waals surface area contributed by atoms with Crippen LogP contribution in [0.3, 0.4) is 0 Å². The summed E-state index contributed by atoms with van der Waals surface area (Å²) in [6.45, 7) is 12.8. The fourth-order valence-corrected chi connectivity index (χ4v) is 3.28. The van der Waals surface area contributed by atoms with Crippen LogP contribution in [0, 0.1) is 24.6 Å². The number of hydrogen-bond acceptors (Lipinski definition) is 2. The van der Waals surface area contributed by atoms with Crippen LogP contribution in [0.25, 0.3) is 0 Å². The first-order chi connectivity index (χ1) is 9.88. The van der Waals surface area contributed by atoms with E-state index in [1.165, 1.54) is 0 Å².